The first-order valence-corrected chi connectivity index (χ1v) is 6.38. The lowest BCUT2D eigenvalue weighted by Crippen LogP contribution is -2.10. The first kappa shape index (κ1) is 12.9. The smallest absolute Gasteiger partial charge is 0.387 e. The zero-order valence-electron chi connectivity index (χ0n) is 8.69. The maximum atomic E-state index is 12.6. The molecule has 0 spiro atoms. The monoisotopic (exact) mass is 277 g/mol. The van der Waals surface area contributed by atoms with Crippen LogP contribution in [0, 0.1) is 11.3 Å². The van der Waals surface area contributed by atoms with Crippen molar-refractivity contribution in [3.8, 4) is 6.07 Å². The molecule has 96 valence electrons. The van der Waals surface area contributed by atoms with Crippen molar-refractivity contribution >= 4 is 9.84 Å². The third-order valence-corrected chi connectivity index (χ3v) is 4.43. The summed E-state index contributed by atoms with van der Waals surface area (Å²) in [5.41, 5.74) is -2.15. The Bertz CT molecular complexity index is 658. The van der Waals surface area contributed by atoms with Crippen molar-refractivity contribution in [2.24, 2.45) is 0 Å². The second-order valence-corrected chi connectivity index (χ2v) is 5.85. The van der Waals surface area contributed by atoms with Gasteiger partial charge < -0.3 is 5.11 Å². The topological polar surface area (TPSA) is 78.2 Å². The summed E-state index contributed by atoms with van der Waals surface area (Å²) in [6, 6.07) is 2.56. The highest BCUT2D eigenvalue weighted by Gasteiger charge is 2.40. The number of aliphatic hydroxyl groups is 1. The van der Waals surface area contributed by atoms with E-state index in [1.807, 2.05) is 0 Å². The van der Waals surface area contributed by atoms with E-state index in [4.69, 9.17) is 5.26 Å². The van der Waals surface area contributed by atoms with Gasteiger partial charge in [-0.25, -0.2) is 8.42 Å². The number of benzene rings is 1. The molecule has 1 aliphatic heterocycles. The molecule has 0 bridgehead atoms. The minimum atomic E-state index is -4.82. The Morgan fingerprint density at radius 2 is 2.00 bits per heavy atom. The predicted molar refractivity (Wildman–Crippen MR) is 53.2 cm³/mol. The Labute approximate surface area is 100 Å². The molecule has 1 N–H and O–H groups in total. The molecule has 2 rings (SSSR count). The summed E-state index contributed by atoms with van der Waals surface area (Å²) < 4.78 is 61.0. The summed E-state index contributed by atoms with van der Waals surface area (Å²) in [4.78, 5) is -0.554. The largest absolute Gasteiger partial charge is 0.417 e. The molecule has 4 nitrogen and oxygen atoms in total. The number of halogens is 3. The van der Waals surface area contributed by atoms with Crippen LogP contribution in [0.1, 0.15) is 22.8 Å². The number of rotatable bonds is 0. The quantitative estimate of drug-likeness (QED) is 0.777. The van der Waals surface area contributed by atoms with E-state index in [0.29, 0.717) is 6.07 Å². The number of hydrogen-bond acceptors (Lipinski definition) is 4. The Balaban J connectivity index is 2.80. The third-order valence-electron chi connectivity index (χ3n) is 2.65. The minimum absolute atomic E-state index is 0.153. The van der Waals surface area contributed by atoms with Crippen LogP contribution in [0.15, 0.2) is 17.0 Å². The number of fused-ring (bicyclic) bond motifs is 1. The van der Waals surface area contributed by atoms with E-state index in [1.54, 1.807) is 0 Å². The van der Waals surface area contributed by atoms with Crippen LogP contribution in [-0.4, -0.2) is 19.3 Å². The van der Waals surface area contributed by atoms with Gasteiger partial charge in [0.1, 0.15) is 0 Å². The molecule has 0 amide bonds. The van der Waals surface area contributed by atoms with Gasteiger partial charge in [0.25, 0.3) is 0 Å². The van der Waals surface area contributed by atoms with E-state index >= 15 is 0 Å². The summed E-state index contributed by atoms with van der Waals surface area (Å²) in [6.45, 7) is 0. The van der Waals surface area contributed by atoms with Gasteiger partial charge in [0.2, 0.25) is 0 Å². The van der Waals surface area contributed by atoms with Crippen LogP contribution in [0.5, 0.6) is 0 Å². The molecule has 0 saturated heterocycles. The van der Waals surface area contributed by atoms with Crippen molar-refractivity contribution in [1.29, 1.82) is 5.26 Å². The van der Waals surface area contributed by atoms with Gasteiger partial charge >= 0.3 is 6.18 Å². The fourth-order valence-corrected chi connectivity index (χ4v) is 3.47. The second-order valence-electron chi connectivity index (χ2n) is 3.84. The summed E-state index contributed by atoms with van der Waals surface area (Å²) in [6.07, 6.45) is -6.21. The number of aliphatic hydroxyl groups excluding tert-OH is 1. The van der Waals surface area contributed by atoms with Crippen LogP contribution in [0.4, 0.5) is 13.2 Å². The Kier molecular flexibility index (Phi) is 2.64. The van der Waals surface area contributed by atoms with Crippen molar-refractivity contribution < 1.29 is 26.7 Å². The maximum Gasteiger partial charge on any atom is 0.417 e. The molecule has 18 heavy (non-hydrogen) atoms. The van der Waals surface area contributed by atoms with Gasteiger partial charge in [0.05, 0.1) is 33.9 Å². The average molecular weight is 277 g/mol. The summed E-state index contributed by atoms with van der Waals surface area (Å²) >= 11 is 0. The average Bonchev–Trinajstić information content (AvgIpc) is 2.46. The molecule has 0 fully saturated rings. The van der Waals surface area contributed by atoms with E-state index < -0.39 is 43.9 Å². The number of alkyl halides is 3. The SMILES string of the molecule is N#Cc1cc2c(cc1C(F)(F)F)S(=O)(=O)CC2O. The normalized spacial score (nSPS) is 21.4. The van der Waals surface area contributed by atoms with Crippen molar-refractivity contribution in [3.05, 3.63) is 28.8 Å². The highest BCUT2D eigenvalue weighted by Crippen LogP contribution is 2.40. The highest BCUT2D eigenvalue weighted by molar-refractivity contribution is 7.91. The standard InChI is InChI=1S/C10H6F3NO3S/c11-10(12,13)7-2-9-6(1-5(7)3-14)8(15)4-18(9,16)17/h1-2,8,15H,4H2. The number of hydrogen-bond donors (Lipinski definition) is 1. The lowest BCUT2D eigenvalue weighted by atomic mass is 10.0. The lowest BCUT2D eigenvalue weighted by Gasteiger charge is -2.11. The lowest BCUT2D eigenvalue weighted by molar-refractivity contribution is -0.137. The van der Waals surface area contributed by atoms with Crippen LogP contribution in [0.3, 0.4) is 0 Å². The Morgan fingerprint density at radius 3 is 2.50 bits per heavy atom. The van der Waals surface area contributed by atoms with E-state index in [1.165, 1.54) is 6.07 Å². The van der Waals surface area contributed by atoms with Crippen LogP contribution < -0.4 is 0 Å². The second kappa shape index (κ2) is 3.70. The van der Waals surface area contributed by atoms with Gasteiger partial charge in [0.15, 0.2) is 9.84 Å². The molecule has 0 aliphatic carbocycles. The fraction of sp³-hybridized carbons (Fsp3) is 0.300. The molecule has 1 aliphatic rings. The van der Waals surface area contributed by atoms with Crippen LogP contribution in [-0.2, 0) is 16.0 Å². The minimum Gasteiger partial charge on any atom is -0.387 e. The van der Waals surface area contributed by atoms with Crippen molar-refractivity contribution in [3.63, 3.8) is 0 Å². The summed E-state index contributed by atoms with van der Waals surface area (Å²) in [7, 11) is -3.92. The molecule has 0 saturated carbocycles. The molecule has 0 radical (unpaired) electrons. The third kappa shape index (κ3) is 1.85. The molecule has 0 aromatic heterocycles. The zero-order valence-corrected chi connectivity index (χ0v) is 9.51. The van der Waals surface area contributed by atoms with Gasteiger partial charge in [0, 0.05) is 5.56 Å². The molecule has 1 heterocycles. The first-order valence-electron chi connectivity index (χ1n) is 4.73. The molecular formula is C10H6F3NO3S. The van der Waals surface area contributed by atoms with Crippen LogP contribution in [0.25, 0.3) is 0 Å². The van der Waals surface area contributed by atoms with Crippen molar-refractivity contribution in [2.75, 3.05) is 5.75 Å². The molecular weight excluding hydrogens is 271 g/mol. The van der Waals surface area contributed by atoms with E-state index in [0.717, 1.165) is 6.07 Å². The zero-order chi connectivity index (χ0) is 13.7. The summed E-state index contributed by atoms with van der Waals surface area (Å²) in [5.74, 6) is -0.658. The van der Waals surface area contributed by atoms with Gasteiger partial charge in [-0.3, -0.25) is 0 Å². The molecule has 1 atom stereocenters. The highest BCUT2D eigenvalue weighted by atomic mass is 32.2. The number of nitrogens with zero attached hydrogens (tertiary/aromatic N) is 1. The fourth-order valence-electron chi connectivity index (χ4n) is 1.84. The van der Waals surface area contributed by atoms with Gasteiger partial charge in [-0.2, -0.15) is 18.4 Å². The van der Waals surface area contributed by atoms with E-state index in [-0.39, 0.29) is 5.56 Å². The van der Waals surface area contributed by atoms with E-state index in [2.05, 4.69) is 0 Å². The van der Waals surface area contributed by atoms with Gasteiger partial charge in [-0.05, 0) is 12.1 Å². The predicted octanol–water partition coefficient (Wildman–Crippen LogP) is 1.40. The number of sulfone groups is 1. The van der Waals surface area contributed by atoms with Crippen molar-refractivity contribution in [2.45, 2.75) is 17.2 Å². The maximum absolute atomic E-state index is 12.6. The molecule has 1 unspecified atom stereocenters. The summed E-state index contributed by atoms with van der Waals surface area (Å²) in [5, 5.41) is 18.1. The molecule has 8 heteroatoms. The van der Waals surface area contributed by atoms with Crippen LogP contribution in [0.2, 0.25) is 0 Å². The molecule has 1 aromatic rings. The van der Waals surface area contributed by atoms with Gasteiger partial charge in [-0.15, -0.1) is 0 Å². The van der Waals surface area contributed by atoms with Crippen molar-refractivity contribution in [1.82, 2.24) is 0 Å². The number of nitriles is 1. The van der Waals surface area contributed by atoms with Gasteiger partial charge in [-0.1, -0.05) is 0 Å². The Hall–Kier alpha value is -1.59. The molecule has 1 aromatic carbocycles. The van der Waals surface area contributed by atoms with E-state index in [9.17, 15) is 26.7 Å². The first-order chi connectivity index (χ1) is 8.16. The Morgan fingerprint density at radius 1 is 1.39 bits per heavy atom. The van der Waals surface area contributed by atoms with Crippen LogP contribution >= 0.6 is 0 Å².